The number of hydrogen-bond donors (Lipinski definition) is 2. The quantitative estimate of drug-likeness (QED) is 0.779. The molecule has 1 unspecified atom stereocenters. The van der Waals surface area contributed by atoms with E-state index in [4.69, 9.17) is 0 Å². The number of aromatic nitrogens is 1. The molecule has 2 N–H and O–H groups in total. The van der Waals surface area contributed by atoms with E-state index in [2.05, 4.69) is 52.9 Å². The first-order chi connectivity index (χ1) is 9.33. The van der Waals surface area contributed by atoms with Crippen LogP contribution in [0.1, 0.15) is 18.5 Å². The van der Waals surface area contributed by atoms with Gasteiger partial charge in [-0.3, -0.25) is 4.98 Å². The predicted molar refractivity (Wildman–Crippen MR) is 80.0 cm³/mol. The Labute approximate surface area is 115 Å². The average molecular weight is 255 g/mol. The molecular formula is C16H21N3. The molecule has 2 rings (SSSR count). The molecule has 0 saturated heterocycles. The molecule has 0 aliphatic carbocycles. The number of likely N-dealkylation sites (N-methyl/N-ethyl adjacent to an activating group) is 1. The smallest absolute Gasteiger partial charge is 0.0705 e. The van der Waals surface area contributed by atoms with Crippen LogP contribution in [0, 0.1) is 0 Å². The molecule has 3 heteroatoms. The minimum absolute atomic E-state index is 0.312. The summed E-state index contributed by atoms with van der Waals surface area (Å²) in [5.74, 6) is 0. The second kappa shape index (κ2) is 7.02. The Morgan fingerprint density at radius 1 is 1.05 bits per heavy atom. The molecule has 0 amide bonds. The van der Waals surface area contributed by atoms with Crippen LogP contribution in [0.3, 0.4) is 0 Å². The Bertz CT molecular complexity index is 496. The third-order valence-electron chi connectivity index (χ3n) is 3.19. The van der Waals surface area contributed by atoms with Gasteiger partial charge in [0.1, 0.15) is 0 Å². The highest BCUT2D eigenvalue weighted by molar-refractivity contribution is 5.64. The van der Waals surface area contributed by atoms with E-state index in [0.717, 1.165) is 18.8 Å². The molecule has 0 bridgehead atoms. The van der Waals surface area contributed by atoms with Gasteiger partial charge in [0.05, 0.1) is 5.69 Å². The zero-order valence-electron chi connectivity index (χ0n) is 11.6. The van der Waals surface area contributed by atoms with Crippen molar-refractivity contribution in [2.75, 3.05) is 20.1 Å². The van der Waals surface area contributed by atoms with Crippen LogP contribution in [-0.2, 0) is 0 Å². The van der Waals surface area contributed by atoms with Crippen molar-refractivity contribution in [3.63, 3.8) is 0 Å². The molecule has 0 saturated carbocycles. The molecule has 1 aromatic heterocycles. The number of nitrogens with one attached hydrogen (secondary N) is 2. The van der Waals surface area contributed by atoms with Crippen LogP contribution >= 0.6 is 0 Å². The zero-order valence-corrected chi connectivity index (χ0v) is 11.6. The van der Waals surface area contributed by atoms with Gasteiger partial charge >= 0.3 is 0 Å². The third kappa shape index (κ3) is 3.63. The Balaban J connectivity index is 2.21. The van der Waals surface area contributed by atoms with E-state index in [1.165, 1.54) is 11.1 Å². The van der Waals surface area contributed by atoms with Gasteiger partial charge in [-0.2, -0.15) is 0 Å². The first-order valence-corrected chi connectivity index (χ1v) is 6.71. The first kappa shape index (κ1) is 13.7. The summed E-state index contributed by atoms with van der Waals surface area (Å²) in [4.78, 5) is 4.45. The van der Waals surface area contributed by atoms with Crippen molar-refractivity contribution in [2.45, 2.75) is 13.0 Å². The second-order valence-corrected chi connectivity index (χ2v) is 4.58. The van der Waals surface area contributed by atoms with Crippen LogP contribution < -0.4 is 10.6 Å². The maximum absolute atomic E-state index is 4.45. The standard InChI is InChI=1S/C16H21N3/c1-13(18-12-11-17-2)14-7-3-4-8-15(14)16-9-5-6-10-19-16/h3-10,13,17-18H,11-12H2,1-2H3. The van der Waals surface area contributed by atoms with Crippen molar-refractivity contribution in [3.8, 4) is 11.3 Å². The summed E-state index contributed by atoms with van der Waals surface area (Å²) < 4.78 is 0. The summed E-state index contributed by atoms with van der Waals surface area (Å²) >= 11 is 0. The van der Waals surface area contributed by atoms with Crippen LogP contribution in [0.15, 0.2) is 48.7 Å². The number of pyridine rings is 1. The van der Waals surface area contributed by atoms with Crippen LogP contribution in [0.4, 0.5) is 0 Å². The Hall–Kier alpha value is -1.71. The van der Waals surface area contributed by atoms with Gasteiger partial charge < -0.3 is 10.6 Å². The van der Waals surface area contributed by atoms with Crippen LogP contribution in [-0.4, -0.2) is 25.1 Å². The molecule has 0 radical (unpaired) electrons. The molecule has 0 fully saturated rings. The van der Waals surface area contributed by atoms with Crippen molar-refractivity contribution >= 4 is 0 Å². The zero-order chi connectivity index (χ0) is 13.5. The van der Waals surface area contributed by atoms with Gasteiger partial charge in [-0.25, -0.2) is 0 Å². The molecule has 100 valence electrons. The highest BCUT2D eigenvalue weighted by Crippen LogP contribution is 2.26. The van der Waals surface area contributed by atoms with Crippen molar-refractivity contribution in [1.29, 1.82) is 0 Å². The lowest BCUT2D eigenvalue weighted by atomic mass is 9.98. The minimum Gasteiger partial charge on any atom is -0.318 e. The van der Waals surface area contributed by atoms with Gasteiger partial charge in [-0.05, 0) is 31.7 Å². The van der Waals surface area contributed by atoms with E-state index in [1.54, 1.807) is 0 Å². The summed E-state index contributed by atoms with van der Waals surface area (Å²) in [5.41, 5.74) is 3.52. The van der Waals surface area contributed by atoms with E-state index in [-0.39, 0.29) is 0 Å². The largest absolute Gasteiger partial charge is 0.318 e. The van der Waals surface area contributed by atoms with Gasteiger partial charge in [0.2, 0.25) is 0 Å². The molecule has 1 heterocycles. The number of rotatable bonds is 6. The maximum Gasteiger partial charge on any atom is 0.0705 e. The monoisotopic (exact) mass is 255 g/mol. The second-order valence-electron chi connectivity index (χ2n) is 4.58. The summed E-state index contributed by atoms with van der Waals surface area (Å²) in [7, 11) is 1.97. The average Bonchev–Trinajstić information content (AvgIpc) is 2.48. The van der Waals surface area contributed by atoms with E-state index >= 15 is 0 Å². The Kier molecular flexibility index (Phi) is 5.07. The van der Waals surface area contributed by atoms with Crippen molar-refractivity contribution in [3.05, 3.63) is 54.2 Å². The summed E-state index contributed by atoms with van der Waals surface area (Å²) in [6, 6.07) is 14.8. The van der Waals surface area contributed by atoms with Crippen molar-refractivity contribution in [1.82, 2.24) is 15.6 Å². The summed E-state index contributed by atoms with van der Waals surface area (Å²) in [6.45, 7) is 4.11. The fourth-order valence-corrected chi connectivity index (χ4v) is 2.15. The molecule has 19 heavy (non-hydrogen) atoms. The first-order valence-electron chi connectivity index (χ1n) is 6.71. The fourth-order valence-electron chi connectivity index (χ4n) is 2.15. The fraction of sp³-hybridized carbons (Fsp3) is 0.312. The maximum atomic E-state index is 4.45. The Morgan fingerprint density at radius 2 is 1.84 bits per heavy atom. The molecule has 0 aliphatic rings. The van der Waals surface area contributed by atoms with E-state index < -0.39 is 0 Å². The molecular weight excluding hydrogens is 234 g/mol. The number of hydrogen-bond acceptors (Lipinski definition) is 3. The van der Waals surface area contributed by atoms with Crippen LogP contribution in [0.5, 0.6) is 0 Å². The van der Waals surface area contributed by atoms with Crippen LogP contribution in [0.25, 0.3) is 11.3 Å². The molecule has 0 spiro atoms. The molecule has 1 atom stereocenters. The van der Waals surface area contributed by atoms with Crippen molar-refractivity contribution < 1.29 is 0 Å². The topological polar surface area (TPSA) is 37.0 Å². The SMILES string of the molecule is CNCCNC(C)c1ccccc1-c1ccccn1. The lowest BCUT2D eigenvalue weighted by Gasteiger charge is -2.17. The summed E-state index contributed by atoms with van der Waals surface area (Å²) in [5, 5.41) is 6.67. The van der Waals surface area contributed by atoms with Crippen LogP contribution in [0.2, 0.25) is 0 Å². The number of nitrogens with zero attached hydrogens (tertiary/aromatic N) is 1. The molecule has 1 aromatic carbocycles. The lowest BCUT2D eigenvalue weighted by molar-refractivity contribution is 0.563. The number of benzene rings is 1. The predicted octanol–water partition coefficient (Wildman–Crippen LogP) is 2.62. The van der Waals surface area contributed by atoms with Gasteiger partial charge in [0.15, 0.2) is 0 Å². The van der Waals surface area contributed by atoms with Gasteiger partial charge in [-0.1, -0.05) is 30.3 Å². The molecule has 2 aromatic rings. The third-order valence-corrected chi connectivity index (χ3v) is 3.19. The Morgan fingerprint density at radius 3 is 2.58 bits per heavy atom. The molecule has 0 aliphatic heterocycles. The highest BCUT2D eigenvalue weighted by atomic mass is 14.9. The van der Waals surface area contributed by atoms with Gasteiger partial charge in [0.25, 0.3) is 0 Å². The van der Waals surface area contributed by atoms with Crippen molar-refractivity contribution in [2.24, 2.45) is 0 Å². The lowest BCUT2D eigenvalue weighted by Crippen LogP contribution is -2.27. The summed E-state index contributed by atoms with van der Waals surface area (Å²) in [6.07, 6.45) is 1.84. The normalized spacial score (nSPS) is 12.3. The van der Waals surface area contributed by atoms with Gasteiger partial charge in [0, 0.05) is 30.9 Å². The van der Waals surface area contributed by atoms with E-state index in [0.29, 0.717) is 6.04 Å². The highest BCUT2D eigenvalue weighted by Gasteiger charge is 2.11. The minimum atomic E-state index is 0.312. The van der Waals surface area contributed by atoms with E-state index in [9.17, 15) is 0 Å². The van der Waals surface area contributed by atoms with E-state index in [1.807, 2.05) is 25.4 Å². The molecule has 3 nitrogen and oxygen atoms in total. The van der Waals surface area contributed by atoms with Gasteiger partial charge in [-0.15, -0.1) is 0 Å².